The molecule has 0 heterocycles. The van der Waals surface area contributed by atoms with Crippen LogP contribution in [0.3, 0.4) is 0 Å². The maximum absolute atomic E-state index is 12.8. The van der Waals surface area contributed by atoms with E-state index in [0.29, 0.717) is 12.0 Å². The third kappa shape index (κ3) is 2.56. The van der Waals surface area contributed by atoms with Gasteiger partial charge in [0.1, 0.15) is 13.7 Å². The molecule has 0 amide bonds. The van der Waals surface area contributed by atoms with Crippen LogP contribution in [0.15, 0.2) is 18.2 Å². The molecule has 0 aliphatic heterocycles. The number of benzene rings is 1. The Kier molecular flexibility index (Phi) is 3.49. The fourth-order valence-corrected chi connectivity index (χ4v) is 1.40. The fourth-order valence-electron chi connectivity index (χ4n) is 1.40. The summed E-state index contributed by atoms with van der Waals surface area (Å²) in [7, 11) is 1.88. The molecule has 13 heavy (non-hydrogen) atoms. The molecule has 0 saturated carbocycles. The maximum atomic E-state index is 12.8. The van der Waals surface area contributed by atoms with Gasteiger partial charge >= 0.3 is 0 Å². The van der Waals surface area contributed by atoms with Gasteiger partial charge in [0.25, 0.3) is 0 Å². The van der Waals surface area contributed by atoms with Gasteiger partial charge < -0.3 is 5.11 Å². The lowest BCUT2D eigenvalue weighted by Gasteiger charge is -2.12. The third-order valence-corrected chi connectivity index (χ3v) is 2.16. The molecule has 0 fully saturated rings. The van der Waals surface area contributed by atoms with Crippen LogP contribution in [0, 0.1) is 5.82 Å². The van der Waals surface area contributed by atoms with Crippen LogP contribution in [0.5, 0.6) is 0 Å². The lowest BCUT2D eigenvalue weighted by atomic mass is 9.87. The average molecular weight is 180 g/mol. The van der Waals surface area contributed by atoms with Crippen LogP contribution in [-0.2, 0) is 0 Å². The van der Waals surface area contributed by atoms with Crippen LogP contribution in [0.2, 0.25) is 0 Å². The predicted molar refractivity (Wildman–Crippen MR) is 54.4 cm³/mol. The van der Waals surface area contributed by atoms with Crippen LogP contribution in [0.4, 0.5) is 4.39 Å². The van der Waals surface area contributed by atoms with Gasteiger partial charge in [0.05, 0.1) is 6.10 Å². The van der Waals surface area contributed by atoms with Crippen LogP contribution in [-0.4, -0.2) is 13.0 Å². The summed E-state index contributed by atoms with van der Waals surface area (Å²) in [6, 6.07) is 4.52. The predicted octanol–water partition coefficient (Wildman–Crippen LogP) is 0.918. The van der Waals surface area contributed by atoms with Gasteiger partial charge in [-0.05, 0) is 24.1 Å². The van der Waals surface area contributed by atoms with Gasteiger partial charge in [-0.1, -0.05) is 24.9 Å². The topological polar surface area (TPSA) is 20.2 Å². The SMILES string of the molecule is Bc1ccc(F)cc1C(O)CCC. The number of aliphatic hydroxyl groups excluding tert-OH is 1. The van der Waals surface area contributed by atoms with E-state index in [0.717, 1.165) is 11.9 Å². The van der Waals surface area contributed by atoms with Gasteiger partial charge in [0.2, 0.25) is 0 Å². The smallest absolute Gasteiger partial charge is 0.139 e. The standard InChI is InChI=1S/C10H14BFO/c1-2-3-10(13)8-6-7(12)4-5-9(8)11/h4-6,10,13H,2-3,11H2,1H3. The first-order valence-electron chi connectivity index (χ1n) is 4.59. The average Bonchev–Trinajstić information content (AvgIpc) is 2.09. The molecule has 0 aliphatic carbocycles. The Bertz CT molecular complexity index is 288. The van der Waals surface area contributed by atoms with E-state index in [1.807, 2.05) is 14.8 Å². The van der Waals surface area contributed by atoms with E-state index in [1.54, 1.807) is 6.07 Å². The van der Waals surface area contributed by atoms with Crippen molar-refractivity contribution in [3.63, 3.8) is 0 Å². The Morgan fingerprint density at radius 1 is 1.54 bits per heavy atom. The van der Waals surface area contributed by atoms with Crippen molar-refractivity contribution in [2.75, 3.05) is 0 Å². The van der Waals surface area contributed by atoms with E-state index in [2.05, 4.69) is 0 Å². The van der Waals surface area contributed by atoms with Gasteiger partial charge in [-0.25, -0.2) is 4.39 Å². The van der Waals surface area contributed by atoms with E-state index in [4.69, 9.17) is 0 Å². The summed E-state index contributed by atoms with van der Waals surface area (Å²) in [5.74, 6) is -0.282. The first kappa shape index (κ1) is 10.3. The maximum Gasteiger partial charge on any atom is 0.139 e. The fraction of sp³-hybridized carbons (Fsp3) is 0.400. The second-order valence-electron chi connectivity index (χ2n) is 3.31. The summed E-state index contributed by atoms with van der Waals surface area (Å²) in [6.07, 6.45) is 1.06. The second-order valence-corrected chi connectivity index (χ2v) is 3.31. The molecular weight excluding hydrogens is 166 g/mol. The zero-order chi connectivity index (χ0) is 9.84. The molecular formula is C10H14BFO. The molecule has 1 atom stereocenters. The highest BCUT2D eigenvalue weighted by Gasteiger charge is 2.09. The molecule has 0 bridgehead atoms. The Morgan fingerprint density at radius 2 is 2.23 bits per heavy atom. The van der Waals surface area contributed by atoms with Crippen molar-refractivity contribution in [3.8, 4) is 0 Å². The van der Waals surface area contributed by atoms with Crippen LogP contribution >= 0.6 is 0 Å². The van der Waals surface area contributed by atoms with Crippen molar-refractivity contribution in [1.82, 2.24) is 0 Å². The highest BCUT2D eigenvalue weighted by atomic mass is 19.1. The van der Waals surface area contributed by atoms with Crippen molar-refractivity contribution in [2.45, 2.75) is 25.9 Å². The van der Waals surface area contributed by atoms with Crippen LogP contribution in [0.25, 0.3) is 0 Å². The number of halogens is 1. The molecule has 1 N–H and O–H groups in total. The van der Waals surface area contributed by atoms with Gasteiger partial charge in [-0.2, -0.15) is 0 Å². The summed E-state index contributed by atoms with van der Waals surface area (Å²) in [5, 5.41) is 9.66. The minimum absolute atomic E-state index is 0.282. The molecule has 1 rings (SSSR count). The van der Waals surface area contributed by atoms with Crippen molar-refractivity contribution in [2.24, 2.45) is 0 Å². The van der Waals surface area contributed by atoms with E-state index < -0.39 is 6.10 Å². The van der Waals surface area contributed by atoms with Crippen LogP contribution < -0.4 is 5.46 Å². The first-order chi connectivity index (χ1) is 6.15. The Balaban J connectivity index is 2.91. The van der Waals surface area contributed by atoms with Crippen molar-refractivity contribution < 1.29 is 9.50 Å². The number of rotatable bonds is 3. The number of hydrogen-bond donors (Lipinski definition) is 1. The molecule has 70 valence electrons. The lowest BCUT2D eigenvalue weighted by Crippen LogP contribution is -2.14. The Hall–Kier alpha value is -0.825. The second kappa shape index (κ2) is 4.42. The van der Waals surface area contributed by atoms with Gasteiger partial charge in [0.15, 0.2) is 0 Å². The lowest BCUT2D eigenvalue weighted by molar-refractivity contribution is 0.167. The van der Waals surface area contributed by atoms with E-state index in [1.165, 1.54) is 12.1 Å². The van der Waals surface area contributed by atoms with Crippen molar-refractivity contribution in [1.29, 1.82) is 0 Å². The summed E-state index contributed by atoms with van der Waals surface area (Å²) >= 11 is 0. The largest absolute Gasteiger partial charge is 0.388 e. The third-order valence-electron chi connectivity index (χ3n) is 2.16. The van der Waals surface area contributed by atoms with E-state index in [-0.39, 0.29) is 5.82 Å². The van der Waals surface area contributed by atoms with Crippen molar-refractivity contribution >= 4 is 13.3 Å². The Morgan fingerprint density at radius 3 is 2.85 bits per heavy atom. The molecule has 0 radical (unpaired) electrons. The van der Waals surface area contributed by atoms with E-state index in [9.17, 15) is 9.50 Å². The molecule has 0 spiro atoms. The normalized spacial score (nSPS) is 12.8. The zero-order valence-electron chi connectivity index (χ0n) is 8.05. The molecule has 1 aromatic carbocycles. The highest BCUT2D eigenvalue weighted by Crippen LogP contribution is 2.16. The molecule has 0 aromatic heterocycles. The molecule has 0 aliphatic rings. The highest BCUT2D eigenvalue weighted by molar-refractivity contribution is 6.33. The molecule has 0 saturated heterocycles. The summed E-state index contributed by atoms with van der Waals surface area (Å²) < 4.78 is 12.8. The summed E-state index contributed by atoms with van der Waals surface area (Å²) in [6.45, 7) is 2.00. The zero-order valence-corrected chi connectivity index (χ0v) is 8.05. The first-order valence-corrected chi connectivity index (χ1v) is 4.59. The summed E-state index contributed by atoms with van der Waals surface area (Å²) in [5.41, 5.74) is 1.66. The molecule has 1 aromatic rings. The summed E-state index contributed by atoms with van der Waals surface area (Å²) in [4.78, 5) is 0. The number of hydrogen-bond acceptors (Lipinski definition) is 1. The van der Waals surface area contributed by atoms with E-state index >= 15 is 0 Å². The molecule has 1 unspecified atom stereocenters. The monoisotopic (exact) mass is 180 g/mol. The van der Waals surface area contributed by atoms with Gasteiger partial charge in [0, 0.05) is 0 Å². The van der Waals surface area contributed by atoms with Gasteiger partial charge in [-0.3, -0.25) is 0 Å². The minimum atomic E-state index is -0.527. The molecule has 1 nitrogen and oxygen atoms in total. The minimum Gasteiger partial charge on any atom is -0.388 e. The number of aliphatic hydroxyl groups is 1. The van der Waals surface area contributed by atoms with Crippen molar-refractivity contribution in [3.05, 3.63) is 29.6 Å². The molecule has 3 heteroatoms. The van der Waals surface area contributed by atoms with Crippen LogP contribution in [0.1, 0.15) is 31.4 Å². The van der Waals surface area contributed by atoms with Gasteiger partial charge in [-0.15, -0.1) is 0 Å². The Labute approximate surface area is 79.0 Å². The quantitative estimate of drug-likeness (QED) is 0.685.